The summed E-state index contributed by atoms with van der Waals surface area (Å²) in [6.07, 6.45) is -4.73. The van der Waals surface area contributed by atoms with Gasteiger partial charge in [-0.2, -0.15) is 0 Å². The molecule has 0 atom stereocenters. The van der Waals surface area contributed by atoms with E-state index in [2.05, 4.69) is 10.1 Å². The van der Waals surface area contributed by atoms with Crippen LogP contribution in [0, 0.1) is 0 Å². The molecule has 0 saturated heterocycles. The minimum atomic E-state index is -4.73. The topological polar surface area (TPSA) is 41.5 Å². The lowest BCUT2D eigenvalue weighted by atomic mass is 10.2. The van der Waals surface area contributed by atoms with E-state index in [1.807, 2.05) is 0 Å². The van der Waals surface area contributed by atoms with E-state index in [1.54, 1.807) is 12.1 Å². The van der Waals surface area contributed by atoms with Crippen molar-refractivity contribution < 1.29 is 23.0 Å². The van der Waals surface area contributed by atoms with E-state index in [0.717, 1.165) is 0 Å². The van der Waals surface area contributed by atoms with Crippen molar-refractivity contribution in [3.8, 4) is 11.5 Å². The summed E-state index contributed by atoms with van der Waals surface area (Å²) < 4.78 is 40.2. The molecule has 0 aliphatic rings. The molecule has 7 heteroatoms. The SMILES string of the molecule is Oc1ccc(Cl)cc1CNc1cccc(OC(F)(F)F)c1. The van der Waals surface area contributed by atoms with E-state index >= 15 is 0 Å². The third kappa shape index (κ3) is 4.75. The summed E-state index contributed by atoms with van der Waals surface area (Å²) in [7, 11) is 0. The highest BCUT2D eigenvalue weighted by atomic mass is 35.5. The Morgan fingerprint density at radius 3 is 2.62 bits per heavy atom. The van der Waals surface area contributed by atoms with Crippen molar-refractivity contribution in [2.45, 2.75) is 12.9 Å². The fourth-order valence-corrected chi connectivity index (χ4v) is 1.89. The largest absolute Gasteiger partial charge is 0.573 e. The highest BCUT2D eigenvalue weighted by Crippen LogP contribution is 2.26. The molecule has 0 saturated carbocycles. The van der Waals surface area contributed by atoms with Gasteiger partial charge in [0, 0.05) is 28.9 Å². The lowest BCUT2D eigenvalue weighted by Crippen LogP contribution is -2.17. The van der Waals surface area contributed by atoms with Gasteiger partial charge in [0.25, 0.3) is 0 Å². The maximum absolute atomic E-state index is 12.1. The number of aromatic hydroxyl groups is 1. The Balaban J connectivity index is 2.06. The minimum absolute atomic E-state index is 0.0506. The molecule has 112 valence electrons. The number of alkyl halides is 3. The fourth-order valence-electron chi connectivity index (χ4n) is 1.70. The van der Waals surface area contributed by atoms with E-state index in [4.69, 9.17) is 11.6 Å². The molecular weight excluding hydrogens is 307 g/mol. The Morgan fingerprint density at radius 1 is 1.14 bits per heavy atom. The monoisotopic (exact) mass is 317 g/mol. The maximum atomic E-state index is 12.1. The molecule has 2 N–H and O–H groups in total. The van der Waals surface area contributed by atoms with Gasteiger partial charge in [-0.3, -0.25) is 0 Å². The number of phenols is 1. The summed E-state index contributed by atoms with van der Waals surface area (Å²) in [5.74, 6) is -0.266. The second kappa shape index (κ2) is 6.13. The molecule has 0 spiro atoms. The van der Waals surface area contributed by atoms with Gasteiger partial charge in [-0.1, -0.05) is 17.7 Å². The quantitative estimate of drug-likeness (QED) is 0.869. The Kier molecular flexibility index (Phi) is 4.47. The first-order valence-corrected chi connectivity index (χ1v) is 6.28. The zero-order valence-electron chi connectivity index (χ0n) is 10.6. The normalized spacial score (nSPS) is 11.2. The van der Waals surface area contributed by atoms with Crippen LogP contribution in [0.1, 0.15) is 5.56 Å². The van der Waals surface area contributed by atoms with E-state index < -0.39 is 6.36 Å². The third-order valence-corrected chi connectivity index (χ3v) is 2.83. The lowest BCUT2D eigenvalue weighted by molar-refractivity contribution is -0.274. The molecule has 0 unspecified atom stereocenters. The molecule has 2 aromatic carbocycles. The van der Waals surface area contributed by atoms with Crippen LogP contribution in [0.4, 0.5) is 18.9 Å². The summed E-state index contributed by atoms with van der Waals surface area (Å²) in [6.45, 7) is 0.210. The van der Waals surface area contributed by atoms with Gasteiger partial charge in [0.2, 0.25) is 0 Å². The number of nitrogens with one attached hydrogen (secondary N) is 1. The molecule has 0 aromatic heterocycles. The molecule has 0 radical (unpaired) electrons. The number of rotatable bonds is 4. The molecule has 2 rings (SSSR count). The minimum Gasteiger partial charge on any atom is -0.508 e. The lowest BCUT2D eigenvalue weighted by Gasteiger charge is -2.12. The highest BCUT2D eigenvalue weighted by Gasteiger charge is 2.31. The van der Waals surface area contributed by atoms with Crippen LogP contribution < -0.4 is 10.1 Å². The average molecular weight is 318 g/mol. The van der Waals surface area contributed by atoms with Gasteiger partial charge < -0.3 is 15.2 Å². The van der Waals surface area contributed by atoms with E-state index in [-0.39, 0.29) is 18.0 Å². The average Bonchev–Trinajstić information content (AvgIpc) is 2.38. The Hall–Kier alpha value is -2.08. The molecule has 0 aliphatic heterocycles. The molecule has 0 amide bonds. The summed E-state index contributed by atoms with van der Waals surface area (Å²) in [4.78, 5) is 0. The molecule has 2 aromatic rings. The number of ether oxygens (including phenoxy) is 1. The van der Waals surface area contributed by atoms with Gasteiger partial charge in [0.1, 0.15) is 11.5 Å². The highest BCUT2D eigenvalue weighted by molar-refractivity contribution is 6.30. The van der Waals surface area contributed by atoms with Gasteiger partial charge in [-0.15, -0.1) is 13.2 Å². The van der Waals surface area contributed by atoms with Crippen LogP contribution in [0.25, 0.3) is 0 Å². The Bertz CT molecular complexity index is 632. The van der Waals surface area contributed by atoms with Gasteiger partial charge in [-0.05, 0) is 30.3 Å². The summed E-state index contributed by atoms with van der Waals surface area (Å²) in [5.41, 5.74) is 0.959. The van der Waals surface area contributed by atoms with Gasteiger partial charge in [0.15, 0.2) is 0 Å². The fraction of sp³-hybridized carbons (Fsp3) is 0.143. The first kappa shape index (κ1) is 15.3. The maximum Gasteiger partial charge on any atom is 0.573 e. The molecule has 21 heavy (non-hydrogen) atoms. The van der Waals surface area contributed by atoms with Crippen LogP contribution in [0.5, 0.6) is 11.5 Å². The van der Waals surface area contributed by atoms with Crippen molar-refractivity contribution in [1.29, 1.82) is 0 Å². The van der Waals surface area contributed by atoms with Crippen LogP contribution in [-0.2, 0) is 6.54 Å². The first-order chi connectivity index (χ1) is 9.83. The molecule has 0 aliphatic carbocycles. The standard InChI is InChI=1S/C14H11ClF3NO2/c15-10-4-5-13(20)9(6-10)8-19-11-2-1-3-12(7-11)21-14(16,17)18/h1-7,19-20H,8H2. The third-order valence-electron chi connectivity index (χ3n) is 2.59. The number of hydrogen-bond donors (Lipinski definition) is 2. The van der Waals surface area contributed by atoms with Gasteiger partial charge in [-0.25, -0.2) is 0 Å². The number of hydrogen-bond acceptors (Lipinski definition) is 3. The molecular formula is C14H11ClF3NO2. The number of benzene rings is 2. The van der Waals surface area contributed by atoms with Crippen molar-refractivity contribution in [2.75, 3.05) is 5.32 Å². The van der Waals surface area contributed by atoms with Crippen LogP contribution in [0.15, 0.2) is 42.5 Å². The Morgan fingerprint density at radius 2 is 1.90 bits per heavy atom. The number of anilines is 1. The van der Waals surface area contributed by atoms with Gasteiger partial charge in [0.05, 0.1) is 0 Å². The number of halogens is 4. The first-order valence-electron chi connectivity index (χ1n) is 5.90. The van der Waals surface area contributed by atoms with E-state index in [1.165, 1.54) is 30.3 Å². The predicted molar refractivity (Wildman–Crippen MR) is 73.6 cm³/mol. The Labute approximate surface area is 123 Å². The van der Waals surface area contributed by atoms with E-state index in [9.17, 15) is 18.3 Å². The predicted octanol–water partition coefficient (Wildman–Crippen LogP) is 4.56. The van der Waals surface area contributed by atoms with Crippen LogP contribution >= 0.6 is 11.6 Å². The zero-order valence-corrected chi connectivity index (χ0v) is 11.4. The van der Waals surface area contributed by atoms with Crippen molar-refractivity contribution in [3.63, 3.8) is 0 Å². The van der Waals surface area contributed by atoms with Crippen molar-refractivity contribution in [2.24, 2.45) is 0 Å². The second-order valence-corrected chi connectivity index (χ2v) is 4.64. The van der Waals surface area contributed by atoms with Crippen molar-refractivity contribution in [1.82, 2.24) is 0 Å². The van der Waals surface area contributed by atoms with Crippen LogP contribution in [0.2, 0.25) is 5.02 Å². The molecule has 0 heterocycles. The van der Waals surface area contributed by atoms with Crippen molar-refractivity contribution >= 4 is 17.3 Å². The molecule has 0 fully saturated rings. The molecule has 0 bridgehead atoms. The van der Waals surface area contributed by atoms with Gasteiger partial charge >= 0.3 is 6.36 Å². The van der Waals surface area contributed by atoms with Crippen LogP contribution in [0.3, 0.4) is 0 Å². The summed E-state index contributed by atoms with van der Waals surface area (Å²) in [6, 6.07) is 10.00. The summed E-state index contributed by atoms with van der Waals surface area (Å²) in [5, 5.41) is 13.0. The number of phenolic OH excluding ortho intramolecular Hbond substituents is 1. The zero-order chi connectivity index (χ0) is 15.5. The smallest absolute Gasteiger partial charge is 0.508 e. The second-order valence-electron chi connectivity index (χ2n) is 4.20. The molecule has 3 nitrogen and oxygen atoms in total. The van der Waals surface area contributed by atoms with E-state index in [0.29, 0.717) is 16.3 Å². The van der Waals surface area contributed by atoms with Crippen LogP contribution in [-0.4, -0.2) is 11.5 Å². The summed E-state index contributed by atoms with van der Waals surface area (Å²) >= 11 is 5.81. The van der Waals surface area contributed by atoms with Crippen molar-refractivity contribution in [3.05, 3.63) is 53.1 Å².